The van der Waals surface area contributed by atoms with E-state index in [2.05, 4.69) is 4.98 Å². The lowest BCUT2D eigenvalue weighted by Crippen LogP contribution is -2.49. The maximum absolute atomic E-state index is 14.5. The third kappa shape index (κ3) is 5.20. The number of sulfonamides is 1. The van der Waals surface area contributed by atoms with Crippen molar-refractivity contribution in [3.05, 3.63) is 48.0 Å². The standard InChI is InChI=1S/C18H19F4N3O2S2/c1-13-9-15(19)16(10-17(13)28-12-18(20,21)22)24-5-7-25(8-6-24)29(26,27)14-3-2-4-23-11-14/h2-4,9-11H,5-8,12H2,1H3. The van der Waals surface area contributed by atoms with Crippen LogP contribution in [0.3, 0.4) is 0 Å². The van der Waals surface area contributed by atoms with Crippen LogP contribution in [0.25, 0.3) is 0 Å². The van der Waals surface area contributed by atoms with Crippen LogP contribution in [0, 0.1) is 12.7 Å². The Kier molecular flexibility index (Phi) is 6.39. The number of halogens is 4. The molecule has 3 rings (SSSR count). The SMILES string of the molecule is Cc1cc(F)c(N2CCN(S(=O)(=O)c3cccnc3)CC2)cc1SCC(F)(F)F. The molecule has 5 nitrogen and oxygen atoms in total. The van der Waals surface area contributed by atoms with Gasteiger partial charge in [-0.05, 0) is 36.8 Å². The summed E-state index contributed by atoms with van der Waals surface area (Å²) in [5.41, 5.74) is 0.608. The molecule has 1 aromatic heterocycles. The highest BCUT2D eigenvalue weighted by molar-refractivity contribution is 7.99. The van der Waals surface area contributed by atoms with Gasteiger partial charge in [0.25, 0.3) is 0 Å². The van der Waals surface area contributed by atoms with Crippen molar-refractivity contribution in [2.45, 2.75) is 22.9 Å². The molecule has 0 saturated carbocycles. The molecule has 2 aromatic rings. The lowest BCUT2D eigenvalue weighted by molar-refractivity contribution is -0.105. The minimum absolute atomic E-state index is 0.0841. The molecule has 0 spiro atoms. The molecule has 0 N–H and O–H groups in total. The average molecular weight is 449 g/mol. The zero-order chi connectivity index (χ0) is 21.2. The zero-order valence-corrected chi connectivity index (χ0v) is 17.1. The van der Waals surface area contributed by atoms with Crippen LogP contribution in [0.15, 0.2) is 46.5 Å². The van der Waals surface area contributed by atoms with Crippen LogP contribution in [0.5, 0.6) is 0 Å². The summed E-state index contributed by atoms with van der Waals surface area (Å²) >= 11 is 0.611. The molecule has 1 aliphatic rings. The maximum atomic E-state index is 14.5. The van der Waals surface area contributed by atoms with Gasteiger partial charge < -0.3 is 4.90 Å². The normalized spacial score (nSPS) is 16.2. The van der Waals surface area contributed by atoms with E-state index >= 15 is 0 Å². The van der Waals surface area contributed by atoms with Gasteiger partial charge in [-0.25, -0.2) is 12.8 Å². The van der Waals surface area contributed by atoms with Crippen LogP contribution < -0.4 is 4.90 Å². The van der Waals surface area contributed by atoms with E-state index in [-0.39, 0.29) is 36.8 Å². The number of thioether (sulfide) groups is 1. The van der Waals surface area contributed by atoms with Crippen molar-refractivity contribution in [3.63, 3.8) is 0 Å². The van der Waals surface area contributed by atoms with E-state index in [0.29, 0.717) is 22.2 Å². The van der Waals surface area contributed by atoms with Crippen molar-refractivity contribution in [3.8, 4) is 0 Å². The van der Waals surface area contributed by atoms with Crippen molar-refractivity contribution in [2.75, 3.05) is 36.8 Å². The minimum atomic E-state index is -4.32. The molecule has 29 heavy (non-hydrogen) atoms. The lowest BCUT2D eigenvalue weighted by Gasteiger charge is -2.35. The summed E-state index contributed by atoms with van der Waals surface area (Å²) in [4.78, 5) is 5.91. The second kappa shape index (κ2) is 8.49. The van der Waals surface area contributed by atoms with Gasteiger partial charge in [-0.15, -0.1) is 11.8 Å². The van der Waals surface area contributed by atoms with Crippen molar-refractivity contribution in [2.24, 2.45) is 0 Å². The predicted molar refractivity (Wildman–Crippen MR) is 103 cm³/mol. The smallest absolute Gasteiger partial charge is 0.366 e. The van der Waals surface area contributed by atoms with Gasteiger partial charge in [0.05, 0.1) is 11.4 Å². The van der Waals surface area contributed by atoms with Crippen LogP contribution in [0.2, 0.25) is 0 Å². The first-order valence-corrected chi connectivity index (χ1v) is 11.2. The second-order valence-electron chi connectivity index (χ2n) is 6.55. The zero-order valence-electron chi connectivity index (χ0n) is 15.5. The fourth-order valence-electron chi connectivity index (χ4n) is 3.02. The summed E-state index contributed by atoms with van der Waals surface area (Å²) in [6.45, 7) is 2.28. The molecule has 11 heteroatoms. The number of nitrogens with zero attached hydrogens (tertiary/aromatic N) is 3. The van der Waals surface area contributed by atoms with Crippen LogP contribution in [0.1, 0.15) is 5.56 Å². The summed E-state index contributed by atoms with van der Waals surface area (Å²) in [5, 5.41) is 0. The van der Waals surface area contributed by atoms with E-state index in [0.717, 1.165) is 0 Å². The maximum Gasteiger partial charge on any atom is 0.398 e. The first kappa shape index (κ1) is 21.8. The van der Waals surface area contributed by atoms with Crippen LogP contribution in [0.4, 0.5) is 23.2 Å². The quantitative estimate of drug-likeness (QED) is 0.515. The summed E-state index contributed by atoms with van der Waals surface area (Å²) in [6, 6.07) is 5.61. The van der Waals surface area contributed by atoms with Gasteiger partial charge in [0.1, 0.15) is 10.7 Å². The largest absolute Gasteiger partial charge is 0.398 e. The number of pyridine rings is 1. The summed E-state index contributed by atoms with van der Waals surface area (Å²) in [5.74, 6) is -1.60. The number of anilines is 1. The van der Waals surface area contributed by atoms with Gasteiger partial charge in [0.15, 0.2) is 0 Å². The van der Waals surface area contributed by atoms with Crippen molar-refractivity contribution in [1.29, 1.82) is 0 Å². The van der Waals surface area contributed by atoms with Crippen LogP contribution in [-0.4, -0.2) is 55.8 Å². The Balaban J connectivity index is 1.74. The highest BCUT2D eigenvalue weighted by Crippen LogP contribution is 2.34. The molecule has 1 saturated heterocycles. The molecule has 158 valence electrons. The highest BCUT2D eigenvalue weighted by atomic mass is 32.2. The predicted octanol–water partition coefficient (Wildman–Crippen LogP) is 3.69. The van der Waals surface area contributed by atoms with Crippen LogP contribution in [-0.2, 0) is 10.0 Å². The summed E-state index contributed by atoms with van der Waals surface area (Å²) in [6.07, 6.45) is -1.57. The van der Waals surface area contributed by atoms with E-state index in [1.165, 1.54) is 41.0 Å². The van der Waals surface area contributed by atoms with E-state index < -0.39 is 27.8 Å². The fourth-order valence-corrected chi connectivity index (χ4v) is 5.21. The average Bonchev–Trinajstić information content (AvgIpc) is 2.67. The summed E-state index contributed by atoms with van der Waals surface area (Å²) in [7, 11) is -3.70. The number of hydrogen-bond acceptors (Lipinski definition) is 5. The minimum Gasteiger partial charge on any atom is -0.366 e. The Bertz CT molecular complexity index is 961. The Morgan fingerprint density at radius 2 is 1.86 bits per heavy atom. The van der Waals surface area contributed by atoms with Gasteiger partial charge in [-0.2, -0.15) is 17.5 Å². The fraction of sp³-hybridized carbons (Fsp3) is 0.389. The number of piperazine rings is 1. The number of aryl methyl sites for hydroxylation is 1. The number of rotatable bonds is 5. The Labute approximate surface area is 170 Å². The van der Waals surface area contributed by atoms with Crippen LogP contribution >= 0.6 is 11.8 Å². The first-order chi connectivity index (χ1) is 13.6. The molecule has 0 amide bonds. The molecule has 1 aliphatic heterocycles. The van der Waals surface area contributed by atoms with Gasteiger partial charge >= 0.3 is 6.18 Å². The molecule has 2 heterocycles. The van der Waals surface area contributed by atoms with Gasteiger partial charge in [0.2, 0.25) is 10.0 Å². The highest BCUT2D eigenvalue weighted by Gasteiger charge is 2.31. The van der Waals surface area contributed by atoms with Gasteiger partial charge in [-0.3, -0.25) is 4.98 Å². The molecule has 1 fully saturated rings. The Hall–Kier alpha value is -1.85. The number of aromatic nitrogens is 1. The van der Waals surface area contributed by atoms with E-state index in [9.17, 15) is 26.0 Å². The first-order valence-electron chi connectivity index (χ1n) is 8.73. The van der Waals surface area contributed by atoms with Crippen molar-refractivity contribution in [1.82, 2.24) is 9.29 Å². The molecule has 0 unspecified atom stereocenters. The molecule has 0 bridgehead atoms. The second-order valence-corrected chi connectivity index (χ2v) is 9.51. The molecule has 0 radical (unpaired) electrons. The monoisotopic (exact) mass is 449 g/mol. The van der Waals surface area contributed by atoms with Crippen molar-refractivity contribution < 1.29 is 26.0 Å². The Morgan fingerprint density at radius 3 is 2.45 bits per heavy atom. The number of hydrogen-bond donors (Lipinski definition) is 0. The van der Waals surface area contributed by atoms with E-state index in [4.69, 9.17) is 0 Å². The third-order valence-electron chi connectivity index (χ3n) is 4.49. The Morgan fingerprint density at radius 1 is 1.17 bits per heavy atom. The topological polar surface area (TPSA) is 53.5 Å². The number of benzene rings is 1. The third-order valence-corrected chi connectivity index (χ3v) is 7.59. The molecular formula is C18H19F4N3O2S2. The van der Waals surface area contributed by atoms with Gasteiger partial charge in [0, 0.05) is 43.5 Å². The molecular weight excluding hydrogens is 430 g/mol. The molecule has 0 aliphatic carbocycles. The van der Waals surface area contributed by atoms with E-state index in [1.807, 2.05) is 0 Å². The molecule has 1 aromatic carbocycles. The lowest BCUT2D eigenvalue weighted by atomic mass is 10.2. The van der Waals surface area contributed by atoms with E-state index in [1.54, 1.807) is 11.8 Å². The molecule has 0 atom stereocenters. The van der Waals surface area contributed by atoms with Crippen molar-refractivity contribution >= 4 is 27.5 Å². The van der Waals surface area contributed by atoms with Gasteiger partial charge in [-0.1, -0.05) is 0 Å². The number of alkyl halides is 3. The summed E-state index contributed by atoms with van der Waals surface area (Å²) < 4.78 is 78.7.